The Labute approximate surface area is 61.9 Å². The van der Waals surface area contributed by atoms with Gasteiger partial charge in [-0.25, -0.2) is 0 Å². The Kier molecular flexibility index (Phi) is 2.45. The van der Waals surface area contributed by atoms with Crippen LogP contribution in [0.4, 0.5) is 0 Å². The summed E-state index contributed by atoms with van der Waals surface area (Å²) in [6.45, 7) is 1.45. The van der Waals surface area contributed by atoms with Gasteiger partial charge in [0.15, 0.2) is 0 Å². The van der Waals surface area contributed by atoms with Crippen molar-refractivity contribution < 1.29 is 9.22 Å². The number of allylic oxidation sites excluding steroid dienone is 3. The number of carbonyl (C=O) groups excluding carboxylic acids is 1. The van der Waals surface area contributed by atoms with Crippen LogP contribution in [0.3, 0.4) is 0 Å². The van der Waals surface area contributed by atoms with Crippen LogP contribution in [0.2, 0.25) is 6.04 Å². The summed E-state index contributed by atoms with van der Waals surface area (Å²) in [6.07, 6.45) is 5.93. The predicted molar refractivity (Wildman–Crippen MR) is 40.6 cm³/mol. The molecule has 1 heterocycles. The zero-order valence-corrected chi connectivity index (χ0v) is 6.83. The molecule has 1 rings (SSSR count). The Morgan fingerprint density at radius 3 is 2.90 bits per heavy atom. The lowest BCUT2D eigenvalue weighted by Gasteiger charge is -2.08. The smallest absolute Gasteiger partial charge is 0.316 e. The number of rotatable bonds is 1. The maximum atomic E-state index is 10.5. The summed E-state index contributed by atoms with van der Waals surface area (Å²) in [5, 5.41) is 0. The molecule has 3 heteroatoms. The highest BCUT2D eigenvalue weighted by Crippen LogP contribution is 2.04. The summed E-state index contributed by atoms with van der Waals surface area (Å²) in [7, 11) is -0.965. The molecule has 1 radical (unpaired) electrons. The topological polar surface area (TPSA) is 26.3 Å². The highest BCUT2D eigenvalue weighted by atomic mass is 28.3. The van der Waals surface area contributed by atoms with Crippen molar-refractivity contribution in [3.8, 4) is 0 Å². The van der Waals surface area contributed by atoms with E-state index in [2.05, 4.69) is 0 Å². The van der Waals surface area contributed by atoms with Crippen LogP contribution in [0.5, 0.6) is 0 Å². The minimum absolute atomic E-state index is 0.172. The van der Waals surface area contributed by atoms with Gasteiger partial charge in [0.2, 0.25) is 0 Å². The quantitative estimate of drug-likeness (QED) is 0.529. The molecule has 0 aliphatic carbocycles. The lowest BCUT2D eigenvalue weighted by atomic mass is 10.5. The molecule has 1 aliphatic heterocycles. The van der Waals surface area contributed by atoms with Crippen LogP contribution in [0.15, 0.2) is 23.9 Å². The Balaban J connectivity index is 2.37. The van der Waals surface area contributed by atoms with Crippen molar-refractivity contribution in [2.24, 2.45) is 0 Å². The second kappa shape index (κ2) is 3.36. The van der Waals surface area contributed by atoms with Gasteiger partial charge >= 0.3 is 9.04 Å². The summed E-state index contributed by atoms with van der Waals surface area (Å²) in [5.41, 5.74) is 1.98. The largest absolute Gasteiger partial charge is 0.513 e. The van der Waals surface area contributed by atoms with E-state index in [0.29, 0.717) is 0 Å². The molecule has 0 aromatic heterocycles. The molecule has 0 fully saturated rings. The van der Waals surface area contributed by atoms with E-state index in [4.69, 9.17) is 4.43 Å². The van der Waals surface area contributed by atoms with Crippen LogP contribution in [-0.2, 0) is 9.22 Å². The van der Waals surface area contributed by atoms with Crippen molar-refractivity contribution in [2.45, 2.75) is 13.0 Å². The second-order valence-corrected chi connectivity index (χ2v) is 3.93. The summed E-state index contributed by atoms with van der Waals surface area (Å²) in [4.78, 5) is 10.5. The van der Waals surface area contributed by atoms with E-state index in [9.17, 15) is 4.79 Å². The van der Waals surface area contributed by atoms with Crippen LogP contribution < -0.4 is 0 Å². The average Bonchev–Trinajstić information content (AvgIpc) is 1.88. The number of carbonyl (C=O) groups is 1. The Morgan fingerprint density at radius 2 is 2.40 bits per heavy atom. The summed E-state index contributed by atoms with van der Waals surface area (Å²) in [5.74, 6) is -0.172. The van der Waals surface area contributed by atoms with Crippen LogP contribution >= 0.6 is 0 Å². The molecule has 0 spiro atoms. The van der Waals surface area contributed by atoms with Gasteiger partial charge in [0.25, 0.3) is 5.97 Å². The number of hydrogen-bond acceptors (Lipinski definition) is 2. The first-order chi connectivity index (χ1) is 4.79. The van der Waals surface area contributed by atoms with Gasteiger partial charge in [0, 0.05) is 6.92 Å². The van der Waals surface area contributed by atoms with Gasteiger partial charge in [0.05, 0.1) is 0 Å². The van der Waals surface area contributed by atoms with Gasteiger partial charge in [-0.3, -0.25) is 4.79 Å². The predicted octanol–water partition coefficient (Wildman–Crippen LogP) is 1.21. The van der Waals surface area contributed by atoms with Gasteiger partial charge in [-0.15, -0.1) is 0 Å². The van der Waals surface area contributed by atoms with Crippen LogP contribution in [0.25, 0.3) is 0 Å². The summed E-state index contributed by atoms with van der Waals surface area (Å²) < 4.78 is 5.02. The molecule has 0 N–H and O–H groups in total. The third kappa shape index (κ3) is 2.19. The molecule has 0 bridgehead atoms. The Morgan fingerprint density at radius 1 is 1.60 bits per heavy atom. The molecular weight excluding hydrogens is 144 g/mol. The number of hydrogen-bond donors (Lipinski definition) is 0. The van der Waals surface area contributed by atoms with Crippen molar-refractivity contribution in [3.05, 3.63) is 23.9 Å². The monoisotopic (exact) mass is 153 g/mol. The Hall–Kier alpha value is -0.833. The maximum absolute atomic E-state index is 10.5. The van der Waals surface area contributed by atoms with Crippen LogP contribution in [0, 0.1) is 0 Å². The fourth-order valence-corrected chi connectivity index (χ4v) is 2.10. The lowest BCUT2D eigenvalue weighted by molar-refractivity contribution is -0.132. The van der Waals surface area contributed by atoms with Gasteiger partial charge in [0.1, 0.15) is 0 Å². The average molecular weight is 153 g/mol. The van der Waals surface area contributed by atoms with Crippen molar-refractivity contribution in [1.82, 2.24) is 0 Å². The zero-order valence-electron chi connectivity index (χ0n) is 5.83. The highest BCUT2D eigenvalue weighted by molar-refractivity contribution is 6.60. The van der Waals surface area contributed by atoms with Crippen LogP contribution in [-0.4, -0.2) is 15.0 Å². The fraction of sp³-hybridized carbons (Fsp3) is 0.286. The standard InChI is InChI=1S/C7H9O2Si/c1-7(8)9-10-5-3-2-4-6-10/h2-5H,6H2,1H3. The molecule has 0 unspecified atom stereocenters. The first kappa shape index (κ1) is 7.28. The second-order valence-electron chi connectivity index (χ2n) is 2.05. The fourth-order valence-electron chi connectivity index (χ4n) is 0.754. The van der Waals surface area contributed by atoms with Crippen molar-refractivity contribution in [2.75, 3.05) is 0 Å². The van der Waals surface area contributed by atoms with E-state index in [-0.39, 0.29) is 5.97 Å². The highest BCUT2D eigenvalue weighted by Gasteiger charge is 2.11. The molecule has 0 saturated carbocycles. The van der Waals surface area contributed by atoms with E-state index in [1.54, 1.807) is 0 Å². The van der Waals surface area contributed by atoms with Crippen molar-refractivity contribution >= 4 is 15.0 Å². The van der Waals surface area contributed by atoms with E-state index >= 15 is 0 Å². The maximum Gasteiger partial charge on any atom is 0.316 e. The molecule has 0 atom stereocenters. The third-order valence-corrected chi connectivity index (χ3v) is 2.88. The lowest BCUT2D eigenvalue weighted by Crippen LogP contribution is -2.18. The molecule has 0 saturated heterocycles. The normalized spacial score (nSPS) is 17.3. The van der Waals surface area contributed by atoms with E-state index in [0.717, 1.165) is 6.04 Å². The molecule has 0 aromatic rings. The van der Waals surface area contributed by atoms with Crippen molar-refractivity contribution in [1.29, 1.82) is 0 Å². The van der Waals surface area contributed by atoms with Gasteiger partial charge in [-0.2, -0.15) is 0 Å². The molecular formula is C7H9O2Si. The van der Waals surface area contributed by atoms with Gasteiger partial charge < -0.3 is 4.43 Å². The zero-order chi connectivity index (χ0) is 7.40. The Bertz CT molecular complexity index is 184. The first-order valence-electron chi connectivity index (χ1n) is 3.16. The van der Waals surface area contributed by atoms with E-state index < -0.39 is 9.04 Å². The molecule has 0 aromatic carbocycles. The molecule has 53 valence electrons. The van der Waals surface area contributed by atoms with E-state index in [1.165, 1.54) is 6.92 Å². The molecule has 0 amide bonds. The minimum atomic E-state index is -0.965. The van der Waals surface area contributed by atoms with Gasteiger partial charge in [-0.05, 0) is 6.04 Å². The van der Waals surface area contributed by atoms with Crippen LogP contribution in [0.1, 0.15) is 6.92 Å². The molecule has 1 aliphatic rings. The van der Waals surface area contributed by atoms with Crippen molar-refractivity contribution in [3.63, 3.8) is 0 Å². The summed E-state index contributed by atoms with van der Waals surface area (Å²) in [6, 6.07) is 0.904. The SMILES string of the molecule is CC(=O)O[Si]1C=CC=CC1. The third-order valence-electron chi connectivity index (χ3n) is 1.12. The first-order valence-corrected chi connectivity index (χ1v) is 4.86. The summed E-state index contributed by atoms with van der Waals surface area (Å²) >= 11 is 0. The molecule has 2 nitrogen and oxygen atoms in total. The molecule has 10 heavy (non-hydrogen) atoms. The van der Waals surface area contributed by atoms with E-state index in [1.807, 2.05) is 23.9 Å². The minimum Gasteiger partial charge on any atom is -0.513 e. The van der Waals surface area contributed by atoms with Gasteiger partial charge in [-0.1, -0.05) is 23.9 Å².